The Morgan fingerprint density at radius 2 is 2.25 bits per heavy atom. The summed E-state index contributed by atoms with van der Waals surface area (Å²) in [6.07, 6.45) is 11.4. The van der Waals surface area contributed by atoms with Crippen LogP contribution in [0.1, 0.15) is 38.4 Å². The van der Waals surface area contributed by atoms with Crippen LogP contribution in [0.15, 0.2) is 28.9 Å². The van der Waals surface area contributed by atoms with Gasteiger partial charge in [-0.05, 0) is 36.5 Å². The van der Waals surface area contributed by atoms with E-state index in [1.807, 2.05) is 18.2 Å². The molecule has 0 amide bonds. The molecule has 0 saturated heterocycles. The van der Waals surface area contributed by atoms with Crippen molar-refractivity contribution in [2.75, 3.05) is 13.1 Å². The summed E-state index contributed by atoms with van der Waals surface area (Å²) in [6.45, 7) is 4.45. The Kier molecular flexibility index (Phi) is 3.83. The molecule has 1 saturated carbocycles. The molecule has 0 radical (unpaired) electrons. The summed E-state index contributed by atoms with van der Waals surface area (Å²) in [5.41, 5.74) is 0.540. The first-order valence-electron chi connectivity index (χ1n) is 6.19. The predicted octanol–water partition coefficient (Wildman–Crippen LogP) is 3.46. The van der Waals surface area contributed by atoms with Crippen LogP contribution in [0.25, 0.3) is 6.08 Å². The molecule has 1 fully saturated rings. The molecule has 2 heteroatoms. The van der Waals surface area contributed by atoms with Gasteiger partial charge < -0.3 is 9.73 Å². The number of hydrogen-bond acceptors (Lipinski definition) is 2. The molecule has 0 atom stereocenters. The minimum atomic E-state index is 0.540. The quantitative estimate of drug-likeness (QED) is 0.767. The number of hydrogen-bond donors (Lipinski definition) is 1. The lowest BCUT2D eigenvalue weighted by Gasteiger charge is -2.23. The monoisotopic (exact) mass is 219 g/mol. The fourth-order valence-electron chi connectivity index (χ4n) is 2.42. The molecule has 1 aliphatic carbocycles. The van der Waals surface area contributed by atoms with E-state index in [0.717, 1.165) is 18.8 Å². The second kappa shape index (κ2) is 5.35. The van der Waals surface area contributed by atoms with E-state index in [-0.39, 0.29) is 0 Å². The van der Waals surface area contributed by atoms with Crippen LogP contribution in [-0.2, 0) is 0 Å². The summed E-state index contributed by atoms with van der Waals surface area (Å²) in [6, 6.07) is 3.88. The van der Waals surface area contributed by atoms with Crippen molar-refractivity contribution < 1.29 is 4.42 Å². The van der Waals surface area contributed by atoms with Gasteiger partial charge in [-0.1, -0.05) is 25.8 Å². The highest BCUT2D eigenvalue weighted by molar-refractivity contribution is 5.42. The SMILES string of the molecule is CC1(CNC/C=C/c2ccco2)CCCC1. The Labute approximate surface area is 97.7 Å². The van der Waals surface area contributed by atoms with E-state index in [2.05, 4.69) is 18.3 Å². The Morgan fingerprint density at radius 3 is 2.94 bits per heavy atom. The van der Waals surface area contributed by atoms with Crippen molar-refractivity contribution in [1.82, 2.24) is 5.32 Å². The third-order valence-corrected chi connectivity index (χ3v) is 3.45. The van der Waals surface area contributed by atoms with Crippen LogP contribution in [0.4, 0.5) is 0 Å². The lowest BCUT2D eigenvalue weighted by Crippen LogP contribution is -2.29. The number of furan rings is 1. The van der Waals surface area contributed by atoms with E-state index in [1.54, 1.807) is 6.26 Å². The van der Waals surface area contributed by atoms with Gasteiger partial charge in [0.1, 0.15) is 5.76 Å². The van der Waals surface area contributed by atoms with Crippen molar-refractivity contribution in [2.24, 2.45) is 5.41 Å². The van der Waals surface area contributed by atoms with Crippen LogP contribution in [0.5, 0.6) is 0 Å². The molecule has 16 heavy (non-hydrogen) atoms. The van der Waals surface area contributed by atoms with Gasteiger partial charge in [-0.15, -0.1) is 0 Å². The maximum absolute atomic E-state index is 5.22. The summed E-state index contributed by atoms with van der Waals surface area (Å²) >= 11 is 0. The average Bonchev–Trinajstić information content (AvgIpc) is 2.89. The summed E-state index contributed by atoms with van der Waals surface area (Å²) in [5, 5.41) is 3.50. The minimum Gasteiger partial charge on any atom is -0.465 e. The fraction of sp³-hybridized carbons (Fsp3) is 0.571. The van der Waals surface area contributed by atoms with Crippen LogP contribution in [-0.4, -0.2) is 13.1 Å². The van der Waals surface area contributed by atoms with Crippen LogP contribution < -0.4 is 5.32 Å². The fourth-order valence-corrected chi connectivity index (χ4v) is 2.42. The normalized spacial score (nSPS) is 19.6. The molecular weight excluding hydrogens is 198 g/mol. The van der Waals surface area contributed by atoms with Crippen LogP contribution in [0.3, 0.4) is 0 Å². The second-order valence-corrected chi connectivity index (χ2v) is 5.07. The van der Waals surface area contributed by atoms with Crippen molar-refractivity contribution in [3.05, 3.63) is 30.2 Å². The molecule has 1 aromatic heterocycles. The lowest BCUT2D eigenvalue weighted by molar-refractivity contribution is 0.321. The van der Waals surface area contributed by atoms with Gasteiger partial charge in [0.2, 0.25) is 0 Å². The van der Waals surface area contributed by atoms with Gasteiger partial charge in [0.25, 0.3) is 0 Å². The van der Waals surface area contributed by atoms with Gasteiger partial charge in [-0.2, -0.15) is 0 Å². The molecule has 0 unspecified atom stereocenters. The molecule has 2 rings (SSSR count). The van der Waals surface area contributed by atoms with Crippen molar-refractivity contribution in [3.63, 3.8) is 0 Å². The first-order valence-corrected chi connectivity index (χ1v) is 6.19. The molecule has 0 bridgehead atoms. The van der Waals surface area contributed by atoms with Crippen LogP contribution >= 0.6 is 0 Å². The number of rotatable bonds is 5. The zero-order valence-electron chi connectivity index (χ0n) is 10.0. The van der Waals surface area contributed by atoms with Gasteiger partial charge in [0, 0.05) is 13.1 Å². The zero-order chi connectivity index (χ0) is 11.3. The van der Waals surface area contributed by atoms with E-state index >= 15 is 0 Å². The highest BCUT2D eigenvalue weighted by Crippen LogP contribution is 2.36. The van der Waals surface area contributed by atoms with Gasteiger partial charge in [-0.25, -0.2) is 0 Å². The zero-order valence-corrected chi connectivity index (χ0v) is 10.0. The highest BCUT2D eigenvalue weighted by atomic mass is 16.3. The molecule has 1 heterocycles. The van der Waals surface area contributed by atoms with E-state index in [4.69, 9.17) is 4.42 Å². The second-order valence-electron chi connectivity index (χ2n) is 5.07. The Hall–Kier alpha value is -1.02. The summed E-state index contributed by atoms with van der Waals surface area (Å²) in [7, 11) is 0. The van der Waals surface area contributed by atoms with E-state index in [0.29, 0.717) is 5.41 Å². The smallest absolute Gasteiger partial charge is 0.126 e. The molecule has 0 aromatic carbocycles. The van der Waals surface area contributed by atoms with Crippen molar-refractivity contribution in [1.29, 1.82) is 0 Å². The molecule has 88 valence electrons. The van der Waals surface area contributed by atoms with E-state index in [9.17, 15) is 0 Å². The Bertz CT molecular complexity index is 321. The number of nitrogens with one attached hydrogen (secondary N) is 1. The summed E-state index contributed by atoms with van der Waals surface area (Å²) in [5.74, 6) is 0.925. The average molecular weight is 219 g/mol. The third-order valence-electron chi connectivity index (χ3n) is 3.45. The highest BCUT2D eigenvalue weighted by Gasteiger charge is 2.27. The van der Waals surface area contributed by atoms with Gasteiger partial charge in [0.05, 0.1) is 6.26 Å². The molecule has 1 aromatic rings. The van der Waals surface area contributed by atoms with Crippen LogP contribution in [0.2, 0.25) is 0 Å². The molecule has 0 aliphatic heterocycles. The van der Waals surface area contributed by atoms with Gasteiger partial charge >= 0.3 is 0 Å². The van der Waals surface area contributed by atoms with E-state index in [1.165, 1.54) is 25.7 Å². The van der Waals surface area contributed by atoms with E-state index < -0.39 is 0 Å². The first kappa shape index (κ1) is 11.5. The van der Waals surface area contributed by atoms with Crippen molar-refractivity contribution in [3.8, 4) is 0 Å². The first-order chi connectivity index (χ1) is 7.79. The largest absolute Gasteiger partial charge is 0.465 e. The topological polar surface area (TPSA) is 25.2 Å². The standard InChI is InChI=1S/C14H21NO/c1-14(8-2-3-9-14)12-15-10-4-6-13-7-5-11-16-13/h4-7,11,15H,2-3,8-10,12H2,1H3/b6-4+. The molecule has 2 nitrogen and oxygen atoms in total. The lowest BCUT2D eigenvalue weighted by atomic mass is 9.89. The summed E-state index contributed by atoms with van der Waals surface area (Å²) < 4.78 is 5.22. The van der Waals surface area contributed by atoms with Crippen LogP contribution in [0, 0.1) is 5.41 Å². The molecular formula is C14H21NO. The molecule has 1 aliphatic rings. The Morgan fingerprint density at radius 1 is 1.44 bits per heavy atom. The maximum Gasteiger partial charge on any atom is 0.126 e. The third kappa shape index (κ3) is 3.24. The Balaban J connectivity index is 1.65. The minimum absolute atomic E-state index is 0.540. The summed E-state index contributed by atoms with van der Waals surface area (Å²) in [4.78, 5) is 0. The van der Waals surface area contributed by atoms with Gasteiger partial charge in [-0.3, -0.25) is 0 Å². The predicted molar refractivity (Wildman–Crippen MR) is 67.2 cm³/mol. The van der Waals surface area contributed by atoms with Crippen molar-refractivity contribution >= 4 is 6.08 Å². The molecule has 0 spiro atoms. The maximum atomic E-state index is 5.22. The van der Waals surface area contributed by atoms with Crippen molar-refractivity contribution in [2.45, 2.75) is 32.6 Å². The van der Waals surface area contributed by atoms with Gasteiger partial charge in [0.15, 0.2) is 0 Å². The molecule has 1 N–H and O–H groups in total.